The second-order valence-corrected chi connectivity index (χ2v) is 8.96. The molecule has 0 aliphatic carbocycles. The minimum Gasteiger partial charge on any atom is -0.379 e. The number of morpholine rings is 1. The topological polar surface area (TPSA) is 96.0 Å². The monoisotopic (exact) mass is 411 g/mol. The first-order chi connectivity index (χ1) is 12.9. The number of benzene rings is 1. The van der Waals surface area contributed by atoms with Gasteiger partial charge in [-0.1, -0.05) is 6.08 Å². The number of hydrogen-bond donors (Lipinski definition) is 1. The molecule has 1 N–H and O–H groups in total. The van der Waals surface area contributed by atoms with Crippen molar-refractivity contribution < 1.29 is 22.7 Å². The number of anilines is 1. The highest BCUT2D eigenvalue weighted by Crippen LogP contribution is 2.37. The van der Waals surface area contributed by atoms with Gasteiger partial charge in [0.25, 0.3) is 0 Å². The molecule has 1 aromatic carbocycles. The van der Waals surface area contributed by atoms with Crippen LogP contribution < -0.4 is 10.2 Å². The fourth-order valence-electron chi connectivity index (χ4n) is 2.84. The van der Waals surface area contributed by atoms with E-state index in [2.05, 4.69) is 11.9 Å². The molecular formula is C17H21N3O5S2. The molecule has 1 aromatic rings. The van der Waals surface area contributed by atoms with Crippen molar-refractivity contribution in [1.82, 2.24) is 9.62 Å². The Balaban J connectivity index is 1.90. The number of amides is 2. The molecule has 1 fully saturated rings. The van der Waals surface area contributed by atoms with Crippen LogP contribution in [0.15, 0.2) is 40.6 Å². The summed E-state index contributed by atoms with van der Waals surface area (Å²) in [6.07, 6.45) is 1.55. The van der Waals surface area contributed by atoms with E-state index in [0.29, 0.717) is 38.5 Å². The van der Waals surface area contributed by atoms with Crippen molar-refractivity contribution in [2.75, 3.05) is 50.0 Å². The van der Waals surface area contributed by atoms with E-state index >= 15 is 0 Å². The highest BCUT2D eigenvalue weighted by atomic mass is 32.2. The van der Waals surface area contributed by atoms with E-state index in [-0.39, 0.29) is 29.0 Å². The van der Waals surface area contributed by atoms with Crippen LogP contribution in [-0.4, -0.2) is 69.7 Å². The van der Waals surface area contributed by atoms with E-state index < -0.39 is 10.0 Å². The number of sulfonamides is 1. The second-order valence-electron chi connectivity index (χ2n) is 6.01. The molecule has 2 aliphatic rings. The average molecular weight is 412 g/mol. The summed E-state index contributed by atoms with van der Waals surface area (Å²) in [5.41, 5.74) is 0.444. The summed E-state index contributed by atoms with van der Waals surface area (Å²) >= 11 is 1.33. The van der Waals surface area contributed by atoms with Gasteiger partial charge in [0.05, 0.1) is 29.5 Å². The highest BCUT2D eigenvalue weighted by Gasteiger charge is 2.31. The Morgan fingerprint density at radius 2 is 2.07 bits per heavy atom. The maximum Gasteiger partial charge on any atom is 0.243 e. The molecule has 0 spiro atoms. The van der Waals surface area contributed by atoms with Crippen LogP contribution in [0.5, 0.6) is 0 Å². The van der Waals surface area contributed by atoms with Gasteiger partial charge in [-0.2, -0.15) is 4.31 Å². The van der Waals surface area contributed by atoms with E-state index in [1.807, 2.05) is 0 Å². The summed E-state index contributed by atoms with van der Waals surface area (Å²) in [5, 5.41) is 2.63. The molecule has 0 radical (unpaired) electrons. The quantitative estimate of drug-likeness (QED) is 0.683. The van der Waals surface area contributed by atoms with Crippen LogP contribution in [0, 0.1) is 0 Å². The number of ether oxygens (including phenoxy) is 1. The van der Waals surface area contributed by atoms with Gasteiger partial charge in [0.2, 0.25) is 21.8 Å². The molecule has 0 unspecified atom stereocenters. The molecule has 0 atom stereocenters. The van der Waals surface area contributed by atoms with E-state index in [4.69, 9.17) is 4.74 Å². The smallest absolute Gasteiger partial charge is 0.243 e. The van der Waals surface area contributed by atoms with E-state index in [1.54, 1.807) is 18.2 Å². The molecule has 146 valence electrons. The minimum atomic E-state index is -3.69. The van der Waals surface area contributed by atoms with Gasteiger partial charge in [0, 0.05) is 24.5 Å². The average Bonchev–Trinajstić information content (AvgIpc) is 2.69. The zero-order chi connectivity index (χ0) is 19.4. The minimum absolute atomic E-state index is 0.106. The van der Waals surface area contributed by atoms with Crippen LogP contribution >= 0.6 is 11.8 Å². The van der Waals surface area contributed by atoms with Gasteiger partial charge < -0.3 is 15.0 Å². The Hall–Kier alpha value is -1.88. The molecule has 0 aromatic heterocycles. The third kappa shape index (κ3) is 4.34. The molecule has 1 saturated heterocycles. The van der Waals surface area contributed by atoms with Crippen molar-refractivity contribution in [3.05, 3.63) is 30.9 Å². The lowest BCUT2D eigenvalue weighted by Gasteiger charge is -2.30. The van der Waals surface area contributed by atoms with Crippen molar-refractivity contribution in [3.63, 3.8) is 0 Å². The predicted octanol–water partition coefficient (Wildman–Crippen LogP) is 0.448. The largest absolute Gasteiger partial charge is 0.379 e. The first-order valence-electron chi connectivity index (χ1n) is 8.46. The fraction of sp³-hybridized carbons (Fsp3) is 0.412. The van der Waals surface area contributed by atoms with Crippen molar-refractivity contribution in [2.24, 2.45) is 0 Å². The van der Waals surface area contributed by atoms with Crippen molar-refractivity contribution >= 4 is 39.3 Å². The lowest BCUT2D eigenvalue weighted by Crippen LogP contribution is -2.43. The first-order valence-corrected chi connectivity index (χ1v) is 10.9. The van der Waals surface area contributed by atoms with Gasteiger partial charge in [-0.3, -0.25) is 9.59 Å². The van der Waals surface area contributed by atoms with Gasteiger partial charge in [0.15, 0.2) is 0 Å². The number of nitrogens with zero attached hydrogens (tertiary/aromatic N) is 2. The van der Waals surface area contributed by atoms with Crippen LogP contribution in [-0.2, 0) is 24.3 Å². The predicted molar refractivity (Wildman–Crippen MR) is 102 cm³/mol. The lowest BCUT2D eigenvalue weighted by atomic mass is 10.2. The van der Waals surface area contributed by atoms with Crippen molar-refractivity contribution in [3.8, 4) is 0 Å². The Labute approximate surface area is 162 Å². The zero-order valence-electron chi connectivity index (χ0n) is 14.7. The lowest BCUT2D eigenvalue weighted by molar-refractivity contribution is -0.122. The Bertz CT molecular complexity index is 850. The van der Waals surface area contributed by atoms with Crippen molar-refractivity contribution in [1.29, 1.82) is 0 Å². The standard InChI is InChI=1S/C17H21N3O5S2/c1-2-5-18-16(21)11-20-14-10-13(3-4-15(14)26-12-17(20)22)27(23,24)19-6-8-25-9-7-19/h2-4,10H,1,5-9,11-12H2,(H,18,21). The van der Waals surface area contributed by atoms with Gasteiger partial charge in [-0.25, -0.2) is 8.42 Å². The number of carbonyl (C=O) groups excluding carboxylic acids is 2. The Morgan fingerprint density at radius 1 is 1.33 bits per heavy atom. The van der Waals surface area contributed by atoms with Crippen LogP contribution in [0.4, 0.5) is 5.69 Å². The molecule has 0 saturated carbocycles. The van der Waals surface area contributed by atoms with Gasteiger partial charge >= 0.3 is 0 Å². The van der Waals surface area contributed by atoms with Gasteiger partial charge in [-0.15, -0.1) is 18.3 Å². The van der Waals surface area contributed by atoms with Crippen LogP contribution in [0.2, 0.25) is 0 Å². The zero-order valence-corrected chi connectivity index (χ0v) is 16.4. The van der Waals surface area contributed by atoms with E-state index in [9.17, 15) is 18.0 Å². The molecule has 2 aliphatic heterocycles. The molecule has 27 heavy (non-hydrogen) atoms. The number of carbonyl (C=O) groups is 2. The molecule has 2 amide bonds. The fourth-order valence-corrected chi connectivity index (χ4v) is 5.18. The molecule has 8 nitrogen and oxygen atoms in total. The molecule has 0 bridgehead atoms. The summed E-state index contributed by atoms with van der Waals surface area (Å²) in [7, 11) is -3.69. The number of hydrogen-bond acceptors (Lipinski definition) is 6. The summed E-state index contributed by atoms with van der Waals surface area (Å²) in [5.74, 6) is -0.359. The maximum absolute atomic E-state index is 12.9. The Morgan fingerprint density at radius 3 is 2.78 bits per heavy atom. The molecule has 10 heteroatoms. The SMILES string of the molecule is C=CCNC(=O)CN1C(=O)CSc2ccc(S(=O)(=O)N3CCOCC3)cc21. The highest BCUT2D eigenvalue weighted by molar-refractivity contribution is 8.00. The van der Waals surface area contributed by atoms with Crippen LogP contribution in [0.3, 0.4) is 0 Å². The number of nitrogens with one attached hydrogen (secondary N) is 1. The molecule has 2 heterocycles. The second kappa shape index (κ2) is 8.42. The normalized spacial score (nSPS) is 18.1. The summed E-state index contributed by atoms with van der Waals surface area (Å²) in [6.45, 7) is 4.96. The summed E-state index contributed by atoms with van der Waals surface area (Å²) < 4.78 is 32.4. The first kappa shape index (κ1) is 19.9. The summed E-state index contributed by atoms with van der Waals surface area (Å²) in [4.78, 5) is 26.6. The molecule has 3 rings (SSSR count). The van der Waals surface area contributed by atoms with E-state index in [0.717, 1.165) is 4.90 Å². The third-order valence-electron chi connectivity index (χ3n) is 4.23. The number of rotatable bonds is 6. The summed E-state index contributed by atoms with van der Waals surface area (Å²) in [6, 6.07) is 4.71. The maximum atomic E-state index is 12.9. The van der Waals surface area contributed by atoms with Gasteiger partial charge in [-0.05, 0) is 18.2 Å². The van der Waals surface area contributed by atoms with Gasteiger partial charge in [0.1, 0.15) is 6.54 Å². The Kier molecular flexibility index (Phi) is 6.20. The number of thioether (sulfide) groups is 1. The van der Waals surface area contributed by atoms with Crippen LogP contribution in [0.25, 0.3) is 0 Å². The molecular weight excluding hydrogens is 390 g/mol. The van der Waals surface area contributed by atoms with Crippen LogP contribution in [0.1, 0.15) is 0 Å². The van der Waals surface area contributed by atoms with E-state index in [1.165, 1.54) is 27.0 Å². The van der Waals surface area contributed by atoms with Crippen molar-refractivity contribution in [2.45, 2.75) is 9.79 Å². The number of fused-ring (bicyclic) bond motifs is 1. The third-order valence-corrected chi connectivity index (χ3v) is 7.17.